The van der Waals surface area contributed by atoms with Crippen LogP contribution in [0.1, 0.15) is 0 Å². The molecule has 94 valence electrons. The standard InChI is InChI=1S/C10H7BrN8/c1-18-9-5(2-14-18)10-15-8(17-19(10)4-12-9)7-6(11)3-13-16-7/h2-4H,1H3,(H,13,16). The van der Waals surface area contributed by atoms with Gasteiger partial charge in [0.1, 0.15) is 12.0 Å². The Morgan fingerprint density at radius 1 is 1.26 bits per heavy atom. The maximum Gasteiger partial charge on any atom is 0.201 e. The number of aromatic amines is 1. The minimum absolute atomic E-state index is 0.558. The highest BCUT2D eigenvalue weighted by Crippen LogP contribution is 2.24. The van der Waals surface area contributed by atoms with E-state index in [9.17, 15) is 0 Å². The first-order valence-electron chi connectivity index (χ1n) is 5.46. The van der Waals surface area contributed by atoms with E-state index >= 15 is 0 Å². The van der Waals surface area contributed by atoms with Crippen molar-refractivity contribution in [2.75, 3.05) is 0 Å². The van der Waals surface area contributed by atoms with Crippen LogP contribution in [-0.4, -0.2) is 39.6 Å². The fraction of sp³-hybridized carbons (Fsp3) is 0.100. The molecule has 0 atom stereocenters. The second kappa shape index (κ2) is 3.60. The van der Waals surface area contributed by atoms with Crippen molar-refractivity contribution in [1.29, 1.82) is 0 Å². The van der Waals surface area contributed by atoms with Crippen LogP contribution in [0.25, 0.3) is 28.2 Å². The molecule has 9 heteroatoms. The third-order valence-corrected chi connectivity index (χ3v) is 3.49. The minimum Gasteiger partial charge on any atom is -0.273 e. The zero-order valence-electron chi connectivity index (χ0n) is 9.74. The van der Waals surface area contributed by atoms with Crippen LogP contribution >= 0.6 is 15.9 Å². The van der Waals surface area contributed by atoms with Crippen LogP contribution in [0.15, 0.2) is 23.2 Å². The largest absolute Gasteiger partial charge is 0.273 e. The van der Waals surface area contributed by atoms with E-state index in [1.807, 2.05) is 7.05 Å². The monoisotopic (exact) mass is 318 g/mol. The predicted octanol–water partition coefficient (Wildman–Crippen LogP) is 1.16. The fourth-order valence-corrected chi connectivity index (χ4v) is 2.34. The van der Waals surface area contributed by atoms with Crippen molar-refractivity contribution >= 4 is 32.6 Å². The topological polar surface area (TPSA) is 89.6 Å². The van der Waals surface area contributed by atoms with Crippen LogP contribution in [0.4, 0.5) is 0 Å². The summed E-state index contributed by atoms with van der Waals surface area (Å²) >= 11 is 3.40. The number of aryl methyl sites for hydroxylation is 1. The SMILES string of the molecule is Cn1ncc2c1ncn1nc(-c3[nH]ncc3Br)nc21. The van der Waals surface area contributed by atoms with Gasteiger partial charge >= 0.3 is 0 Å². The number of hydrogen-bond donors (Lipinski definition) is 1. The molecule has 0 radical (unpaired) electrons. The highest BCUT2D eigenvalue weighted by molar-refractivity contribution is 9.10. The molecule has 0 aliphatic heterocycles. The lowest BCUT2D eigenvalue weighted by Gasteiger charge is -1.93. The maximum atomic E-state index is 4.51. The van der Waals surface area contributed by atoms with E-state index in [1.54, 1.807) is 27.9 Å². The van der Waals surface area contributed by atoms with E-state index in [1.165, 1.54) is 0 Å². The predicted molar refractivity (Wildman–Crippen MR) is 70.3 cm³/mol. The molecule has 0 saturated heterocycles. The van der Waals surface area contributed by atoms with Crippen molar-refractivity contribution in [3.05, 3.63) is 23.2 Å². The van der Waals surface area contributed by atoms with Crippen molar-refractivity contribution in [3.8, 4) is 11.5 Å². The van der Waals surface area contributed by atoms with Gasteiger partial charge in [0.25, 0.3) is 0 Å². The first-order chi connectivity index (χ1) is 9.24. The van der Waals surface area contributed by atoms with Gasteiger partial charge in [0.2, 0.25) is 5.82 Å². The van der Waals surface area contributed by atoms with Gasteiger partial charge in [-0.1, -0.05) is 0 Å². The Bertz CT molecular complexity index is 901. The number of H-pyrrole nitrogens is 1. The van der Waals surface area contributed by atoms with Crippen LogP contribution in [0.2, 0.25) is 0 Å². The molecule has 0 aliphatic rings. The first-order valence-corrected chi connectivity index (χ1v) is 6.25. The van der Waals surface area contributed by atoms with Crippen LogP contribution in [0, 0.1) is 0 Å². The quantitative estimate of drug-likeness (QED) is 0.569. The number of rotatable bonds is 1. The number of nitrogens with zero attached hydrogens (tertiary/aromatic N) is 7. The summed E-state index contributed by atoms with van der Waals surface area (Å²) in [6.07, 6.45) is 5.02. The summed E-state index contributed by atoms with van der Waals surface area (Å²) in [6, 6.07) is 0. The lowest BCUT2D eigenvalue weighted by molar-refractivity contribution is 0.783. The van der Waals surface area contributed by atoms with Gasteiger partial charge in [0.05, 0.1) is 22.3 Å². The number of aromatic nitrogens is 8. The van der Waals surface area contributed by atoms with Crippen molar-refractivity contribution in [2.24, 2.45) is 7.05 Å². The molecule has 0 aliphatic carbocycles. The average Bonchev–Trinajstić information content (AvgIpc) is 3.07. The van der Waals surface area contributed by atoms with Crippen LogP contribution < -0.4 is 0 Å². The summed E-state index contributed by atoms with van der Waals surface area (Å²) in [5.74, 6) is 0.558. The van der Waals surface area contributed by atoms with E-state index in [0.29, 0.717) is 5.82 Å². The van der Waals surface area contributed by atoms with Crippen molar-refractivity contribution in [2.45, 2.75) is 0 Å². The summed E-state index contributed by atoms with van der Waals surface area (Å²) in [6.45, 7) is 0. The maximum absolute atomic E-state index is 4.51. The lowest BCUT2D eigenvalue weighted by Crippen LogP contribution is -1.94. The first kappa shape index (κ1) is 10.6. The average molecular weight is 319 g/mol. The molecule has 4 aromatic heterocycles. The Morgan fingerprint density at radius 3 is 2.95 bits per heavy atom. The molecule has 4 rings (SSSR count). The molecular formula is C10H7BrN8. The highest BCUT2D eigenvalue weighted by atomic mass is 79.9. The Kier molecular flexibility index (Phi) is 2.01. The van der Waals surface area contributed by atoms with Gasteiger partial charge in [-0.3, -0.25) is 9.78 Å². The minimum atomic E-state index is 0.558. The van der Waals surface area contributed by atoms with Crippen molar-refractivity contribution < 1.29 is 0 Å². The summed E-state index contributed by atoms with van der Waals surface area (Å²) in [5.41, 5.74) is 2.23. The van der Waals surface area contributed by atoms with Crippen LogP contribution in [0.5, 0.6) is 0 Å². The highest BCUT2D eigenvalue weighted by Gasteiger charge is 2.15. The van der Waals surface area contributed by atoms with E-state index in [2.05, 4.69) is 46.3 Å². The molecule has 0 aromatic carbocycles. The van der Waals surface area contributed by atoms with Crippen molar-refractivity contribution in [1.82, 2.24) is 39.6 Å². The van der Waals surface area contributed by atoms with E-state index < -0.39 is 0 Å². The molecule has 4 aromatic rings. The third-order valence-electron chi connectivity index (χ3n) is 2.89. The molecule has 19 heavy (non-hydrogen) atoms. The molecule has 0 spiro atoms. The number of hydrogen-bond acceptors (Lipinski definition) is 5. The molecule has 1 N–H and O–H groups in total. The van der Waals surface area contributed by atoms with Crippen LogP contribution in [0.3, 0.4) is 0 Å². The molecular weight excluding hydrogens is 312 g/mol. The lowest BCUT2D eigenvalue weighted by atomic mass is 10.4. The zero-order chi connectivity index (χ0) is 13.0. The molecule has 4 heterocycles. The summed E-state index contributed by atoms with van der Waals surface area (Å²) in [4.78, 5) is 8.82. The van der Waals surface area contributed by atoms with E-state index in [4.69, 9.17) is 0 Å². The fourth-order valence-electron chi connectivity index (χ4n) is 1.97. The Morgan fingerprint density at radius 2 is 2.16 bits per heavy atom. The molecule has 8 nitrogen and oxygen atoms in total. The van der Waals surface area contributed by atoms with Crippen molar-refractivity contribution in [3.63, 3.8) is 0 Å². The summed E-state index contributed by atoms with van der Waals surface area (Å²) < 4.78 is 4.15. The van der Waals surface area contributed by atoms with Gasteiger partial charge in [0, 0.05) is 7.05 Å². The van der Waals surface area contributed by atoms with Gasteiger partial charge in [0.15, 0.2) is 11.3 Å². The van der Waals surface area contributed by atoms with Gasteiger partial charge in [-0.15, -0.1) is 5.10 Å². The zero-order valence-corrected chi connectivity index (χ0v) is 11.3. The second-order valence-corrected chi connectivity index (χ2v) is 4.90. The Hall–Kier alpha value is -2.29. The number of halogens is 1. The molecule has 0 saturated carbocycles. The second-order valence-electron chi connectivity index (χ2n) is 4.05. The molecule has 0 bridgehead atoms. The summed E-state index contributed by atoms with van der Waals surface area (Å²) in [7, 11) is 1.84. The Balaban J connectivity index is 2.06. The van der Waals surface area contributed by atoms with E-state index in [0.717, 1.165) is 26.8 Å². The van der Waals surface area contributed by atoms with Gasteiger partial charge in [-0.2, -0.15) is 10.2 Å². The summed E-state index contributed by atoms with van der Waals surface area (Å²) in [5, 5.41) is 16.2. The Labute approximate surface area is 114 Å². The number of fused-ring (bicyclic) bond motifs is 3. The third kappa shape index (κ3) is 1.41. The van der Waals surface area contributed by atoms with Gasteiger partial charge in [-0.25, -0.2) is 14.5 Å². The van der Waals surface area contributed by atoms with Crippen LogP contribution in [-0.2, 0) is 7.05 Å². The molecule has 0 unspecified atom stereocenters. The van der Waals surface area contributed by atoms with Gasteiger partial charge in [-0.05, 0) is 15.9 Å². The van der Waals surface area contributed by atoms with Gasteiger partial charge < -0.3 is 0 Å². The smallest absolute Gasteiger partial charge is 0.201 e. The number of nitrogens with one attached hydrogen (secondary N) is 1. The molecule has 0 amide bonds. The molecule has 0 fully saturated rings. The van der Waals surface area contributed by atoms with E-state index in [-0.39, 0.29) is 0 Å². The normalized spacial score (nSPS) is 11.7.